The van der Waals surface area contributed by atoms with Crippen LogP contribution in [0.3, 0.4) is 0 Å². The van der Waals surface area contributed by atoms with Crippen LogP contribution in [0.4, 0.5) is 0 Å². The van der Waals surface area contributed by atoms with Gasteiger partial charge in [-0.3, -0.25) is 5.10 Å². The third-order valence-electron chi connectivity index (χ3n) is 2.26. The summed E-state index contributed by atoms with van der Waals surface area (Å²) in [7, 11) is 0. The molecule has 0 amide bonds. The summed E-state index contributed by atoms with van der Waals surface area (Å²) < 4.78 is 5.97. The van der Waals surface area contributed by atoms with Gasteiger partial charge in [0.05, 0.1) is 10.7 Å². The topological polar surface area (TPSA) is 67.6 Å². The zero-order valence-electron chi connectivity index (χ0n) is 8.59. The minimum Gasteiger partial charge on any atom is -0.332 e. The number of rotatable bonds is 2. The molecule has 3 rings (SSSR count). The molecule has 0 aliphatic rings. The van der Waals surface area contributed by atoms with Crippen molar-refractivity contribution < 1.29 is 4.52 Å². The van der Waals surface area contributed by atoms with E-state index in [0.29, 0.717) is 17.4 Å². The third kappa shape index (κ3) is 1.87. The molecule has 0 bridgehead atoms. The van der Waals surface area contributed by atoms with Crippen LogP contribution in [-0.4, -0.2) is 20.3 Å². The molecule has 0 saturated carbocycles. The third-order valence-corrected chi connectivity index (χ3v) is 2.87. The Bertz CT molecular complexity index is 632. The molecule has 1 N–H and O–H groups in total. The van der Waals surface area contributed by atoms with Gasteiger partial charge in [-0.25, -0.2) is 0 Å². The van der Waals surface area contributed by atoms with Crippen LogP contribution in [-0.2, 0) is 0 Å². The normalized spacial score (nSPS) is 10.6. The maximum absolute atomic E-state index is 5.18. The van der Waals surface area contributed by atoms with Gasteiger partial charge in [-0.15, -0.1) is 0 Å². The van der Waals surface area contributed by atoms with Gasteiger partial charge in [0, 0.05) is 5.56 Å². The number of H-pyrrole nitrogens is 1. The van der Waals surface area contributed by atoms with E-state index in [-0.39, 0.29) is 0 Å². The summed E-state index contributed by atoms with van der Waals surface area (Å²) in [5.74, 6) is 0.968. The SMILES string of the molecule is Brc1cn[nH]c1-c1nc(-c2ccccc2)no1. The van der Waals surface area contributed by atoms with E-state index < -0.39 is 0 Å². The molecule has 3 aromatic rings. The Morgan fingerprint density at radius 2 is 2.00 bits per heavy atom. The minimum atomic E-state index is 0.410. The molecule has 84 valence electrons. The average molecular weight is 291 g/mol. The molecule has 0 atom stereocenters. The molecule has 0 aliphatic heterocycles. The van der Waals surface area contributed by atoms with Crippen molar-refractivity contribution in [3.8, 4) is 23.0 Å². The number of nitrogens with zero attached hydrogens (tertiary/aromatic N) is 3. The predicted molar refractivity (Wildman–Crippen MR) is 65.0 cm³/mol. The van der Waals surface area contributed by atoms with E-state index in [0.717, 1.165) is 10.0 Å². The summed E-state index contributed by atoms with van der Waals surface area (Å²) in [6.45, 7) is 0. The molecule has 0 saturated heterocycles. The zero-order chi connectivity index (χ0) is 11.7. The largest absolute Gasteiger partial charge is 0.332 e. The summed E-state index contributed by atoms with van der Waals surface area (Å²) in [5.41, 5.74) is 1.60. The number of aromatic nitrogens is 4. The molecule has 17 heavy (non-hydrogen) atoms. The van der Waals surface area contributed by atoms with Gasteiger partial charge in [-0.2, -0.15) is 10.1 Å². The highest BCUT2D eigenvalue weighted by atomic mass is 79.9. The van der Waals surface area contributed by atoms with Gasteiger partial charge in [-0.05, 0) is 15.9 Å². The second-order valence-electron chi connectivity index (χ2n) is 3.38. The quantitative estimate of drug-likeness (QED) is 0.788. The fraction of sp³-hybridized carbons (Fsp3) is 0. The van der Waals surface area contributed by atoms with Crippen LogP contribution in [0, 0.1) is 0 Å². The van der Waals surface area contributed by atoms with Crippen molar-refractivity contribution in [3.05, 3.63) is 41.0 Å². The molecule has 5 nitrogen and oxygen atoms in total. The number of benzene rings is 1. The first-order valence-electron chi connectivity index (χ1n) is 4.93. The number of aromatic amines is 1. The summed E-state index contributed by atoms with van der Waals surface area (Å²) in [6, 6.07) is 9.65. The zero-order valence-corrected chi connectivity index (χ0v) is 10.2. The van der Waals surface area contributed by atoms with Crippen LogP contribution in [0.2, 0.25) is 0 Å². The van der Waals surface area contributed by atoms with E-state index in [1.165, 1.54) is 0 Å². The molecule has 2 aromatic heterocycles. The summed E-state index contributed by atoms with van der Waals surface area (Å²) in [5, 5.41) is 10.6. The molecule has 2 heterocycles. The van der Waals surface area contributed by atoms with E-state index in [1.54, 1.807) is 6.20 Å². The van der Waals surface area contributed by atoms with Crippen LogP contribution in [0.5, 0.6) is 0 Å². The van der Waals surface area contributed by atoms with Gasteiger partial charge >= 0.3 is 0 Å². The summed E-state index contributed by atoms with van der Waals surface area (Å²) in [4.78, 5) is 4.30. The minimum absolute atomic E-state index is 0.410. The second-order valence-corrected chi connectivity index (χ2v) is 4.24. The van der Waals surface area contributed by atoms with Crippen molar-refractivity contribution in [2.75, 3.05) is 0 Å². The number of halogens is 1. The average Bonchev–Trinajstić information content (AvgIpc) is 2.98. The maximum Gasteiger partial charge on any atom is 0.277 e. The summed E-state index contributed by atoms with van der Waals surface area (Å²) in [6.07, 6.45) is 1.64. The fourth-order valence-corrected chi connectivity index (χ4v) is 1.81. The molecule has 0 aliphatic carbocycles. The van der Waals surface area contributed by atoms with Crippen LogP contribution in [0.1, 0.15) is 0 Å². The van der Waals surface area contributed by atoms with Gasteiger partial charge in [0.2, 0.25) is 5.82 Å². The monoisotopic (exact) mass is 290 g/mol. The Hall–Kier alpha value is -1.95. The van der Waals surface area contributed by atoms with E-state index in [4.69, 9.17) is 4.52 Å². The lowest BCUT2D eigenvalue weighted by molar-refractivity contribution is 0.430. The first-order chi connectivity index (χ1) is 8.34. The van der Waals surface area contributed by atoms with Crippen molar-refractivity contribution >= 4 is 15.9 Å². The van der Waals surface area contributed by atoms with E-state index >= 15 is 0 Å². The molecule has 0 radical (unpaired) electrons. The van der Waals surface area contributed by atoms with E-state index in [9.17, 15) is 0 Å². The highest BCUT2D eigenvalue weighted by molar-refractivity contribution is 9.10. The van der Waals surface area contributed by atoms with Crippen molar-refractivity contribution in [2.45, 2.75) is 0 Å². The van der Waals surface area contributed by atoms with Gasteiger partial charge < -0.3 is 4.52 Å². The molecule has 0 unspecified atom stereocenters. The maximum atomic E-state index is 5.18. The van der Waals surface area contributed by atoms with Gasteiger partial charge in [-0.1, -0.05) is 35.5 Å². The number of nitrogens with one attached hydrogen (secondary N) is 1. The van der Waals surface area contributed by atoms with Gasteiger partial charge in [0.15, 0.2) is 0 Å². The van der Waals surface area contributed by atoms with Crippen molar-refractivity contribution in [3.63, 3.8) is 0 Å². The van der Waals surface area contributed by atoms with Crippen molar-refractivity contribution in [1.82, 2.24) is 20.3 Å². The molecule has 1 aromatic carbocycles. The lowest BCUT2D eigenvalue weighted by atomic mass is 10.2. The second kappa shape index (κ2) is 4.14. The standard InChI is InChI=1S/C11H7BrN4O/c12-8-6-13-15-9(8)11-14-10(16-17-11)7-4-2-1-3-5-7/h1-6H,(H,13,15). The Labute approximate surface area is 105 Å². The van der Waals surface area contributed by atoms with Crippen molar-refractivity contribution in [2.24, 2.45) is 0 Å². The van der Waals surface area contributed by atoms with E-state index in [2.05, 4.69) is 36.3 Å². The molecule has 6 heteroatoms. The Morgan fingerprint density at radius 3 is 2.71 bits per heavy atom. The van der Waals surface area contributed by atoms with Gasteiger partial charge in [0.25, 0.3) is 5.89 Å². The smallest absolute Gasteiger partial charge is 0.277 e. The van der Waals surface area contributed by atoms with Gasteiger partial charge in [0.1, 0.15) is 5.69 Å². The Morgan fingerprint density at radius 1 is 1.18 bits per heavy atom. The highest BCUT2D eigenvalue weighted by Gasteiger charge is 2.14. The first kappa shape index (κ1) is 10.2. The molecule has 0 spiro atoms. The predicted octanol–water partition coefficient (Wildman–Crippen LogP) is 2.89. The van der Waals surface area contributed by atoms with Crippen LogP contribution in [0.25, 0.3) is 23.0 Å². The van der Waals surface area contributed by atoms with E-state index in [1.807, 2.05) is 30.3 Å². The first-order valence-corrected chi connectivity index (χ1v) is 5.72. The fourth-order valence-electron chi connectivity index (χ4n) is 1.45. The molecular weight excluding hydrogens is 284 g/mol. The molecular formula is C11H7BrN4O. The van der Waals surface area contributed by atoms with Crippen LogP contribution in [0.15, 0.2) is 45.5 Å². The Kier molecular flexibility index (Phi) is 2.49. The molecule has 0 fully saturated rings. The Balaban J connectivity index is 2.02. The highest BCUT2D eigenvalue weighted by Crippen LogP contribution is 2.25. The number of hydrogen-bond acceptors (Lipinski definition) is 4. The van der Waals surface area contributed by atoms with Crippen molar-refractivity contribution in [1.29, 1.82) is 0 Å². The lowest BCUT2D eigenvalue weighted by Gasteiger charge is -1.90. The lowest BCUT2D eigenvalue weighted by Crippen LogP contribution is -1.81. The van der Waals surface area contributed by atoms with Crippen LogP contribution >= 0.6 is 15.9 Å². The van der Waals surface area contributed by atoms with Crippen LogP contribution < -0.4 is 0 Å². The summed E-state index contributed by atoms with van der Waals surface area (Å²) >= 11 is 3.35. The number of hydrogen-bond donors (Lipinski definition) is 1.